The van der Waals surface area contributed by atoms with E-state index in [0.717, 1.165) is 19.3 Å². The molecular weight excluding hydrogens is 232 g/mol. The number of rotatable bonds is 9. The predicted octanol–water partition coefficient (Wildman–Crippen LogP) is 0.218. The van der Waals surface area contributed by atoms with E-state index in [9.17, 15) is 13.2 Å². The first-order valence-electron chi connectivity index (χ1n) is 5.48. The highest BCUT2D eigenvalue weighted by Gasteiger charge is 2.26. The van der Waals surface area contributed by atoms with Crippen molar-refractivity contribution in [2.45, 2.75) is 44.6 Å². The Morgan fingerprint density at radius 2 is 1.94 bits per heavy atom. The van der Waals surface area contributed by atoms with Crippen LogP contribution in [-0.4, -0.2) is 32.1 Å². The lowest BCUT2D eigenvalue weighted by Gasteiger charge is -2.06. The highest BCUT2D eigenvalue weighted by Crippen LogP contribution is 2.19. The number of hydrogen-bond acceptors (Lipinski definition) is 3. The molecule has 0 amide bonds. The molecule has 1 aliphatic carbocycles. The van der Waals surface area contributed by atoms with Crippen molar-refractivity contribution in [3.63, 3.8) is 0 Å². The molecular formula is C9H18N2O4S. The topological polar surface area (TPSA) is 95.5 Å². The molecule has 16 heavy (non-hydrogen) atoms. The van der Waals surface area contributed by atoms with Crippen molar-refractivity contribution < 1.29 is 18.3 Å². The number of carboxylic acid groups (broad SMARTS) is 1. The summed E-state index contributed by atoms with van der Waals surface area (Å²) in [7, 11) is -3.34. The molecule has 1 fully saturated rings. The van der Waals surface area contributed by atoms with E-state index in [2.05, 4.69) is 9.44 Å². The summed E-state index contributed by atoms with van der Waals surface area (Å²) in [5.41, 5.74) is 0. The van der Waals surface area contributed by atoms with Crippen LogP contribution in [0, 0.1) is 0 Å². The molecule has 6 nitrogen and oxygen atoms in total. The molecule has 0 aromatic rings. The standard InChI is InChI=1S/C9H18N2O4S/c12-9(13)4-2-1-3-7-10-16(14,15)11-8-5-6-8/h8,10-11H,1-7H2,(H,12,13). The van der Waals surface area contributed by atoms with Crippen molar-refractivity contribution in [3.8, 4) is 0 Å². The van der Waals surface area contributed by atoms with Gasteiger partial charge in [0, 0.05) is 19.0 Å². The molecule has 0 radical (unpaired) electrons. The molecule has 0 unspecified atom stereocenters. The molecule has 3 N–H and O–H groups in total. The fourth-order valence-electron chi connectivity index (χ4n) is 1.25. The number of unbranched alkanes of at least 4 members (excludes halogenated alkanes) is 2. The second-order valence-corrected chi connectivity index (χ2v) is 5.53. The fourth-order valence-corrected chi connectivity index (χ4v) is 2.42. The minimum absolute atomic E-state index is 0.115. The van der Waals surface area contributed by atoms with Gasteiger partial charge in [-0.2, -0.15) is 13.1 Å². The molecule has 0 spiro atoms. The SMILES string of the molecule is O=C(O)CCCCCNS(=O)(=O)NC1CC1. The Hall–Kier alpha value is -0.660. The molecule has 0 atom stereocenters. The molecule has 0 aliphatic heterocycles. The van der Waals surface area contributed by atoms with Gasteiger partial charge in [-0.05, 0) is 25.7 Å². The van der Waals surface area contributed by atoms with Crippen LogP contribution >= 0.6 is 0 Å². The Morgan fingerprint density at radius 3 is 2.50 bits per heavy atom. The third-order valence-electron chi connectivity index (χ3n) is 2.26. The molecule has 0 heterocycles. The molecule has 1 rings (SSSR count). The lowest BCUT2D eigenvalue weighted by Crippen LogP contribution is -2.38. The summed E-state index contributed by atoms with van der Waals surface area (Å²) >= 11 is 0. The van der Waals surface area contributed by atoms with Gasteiger partial charge in [-0.1, -0.05) is 6.42 Å². The number of carbonyl (C=O) groups is 1. The minimum Gasteiger partial charge on any atom is -0.481 e. The van der Waals surface area contributed by atoms with Gasteiger partial charge in [-0.25, -0.2) is 4.72 Å². The van der Waals surface area contributed by atoms with E-state index in [4.69, 9.17) is 5.11 Å². The van der Waals surface area contributed by atoms with Gasteiger partial charge in [0.2, 0.25) is 0 Å². The third-order valence-corrected chi connectivity index (χ3v) is 3.49. The number of aliphatic carboxylic acids is 1. The first-order chi connectivity index (χ1) is 7.49. The lowest BCUT2D eigenvalue weighted by molar-refractivity contribution is -0.137. The zero-order valence-electron chi connectivity index (χ0n) is 9.11. The van der Waals surface area contributed by atoms with Crippen molar-refractivity contribution in [1.29, 1.82) is 0 Å². The molecule has 0 bridgehead atoms. The van der Waals surface area contributed by atoms with Crippen molar-refractivity contribution >= 4 is 16.2 Å². The molecule has 1 saturated carbocycles. The van der Waals surface area contributed by atoms with Gasteiger partial charge >= 0.3 is 5.97 Å². The minimum atomic E-state index is -3.34. The van der Waals surface area contributed by atoms with E-state index < -0.39 is 16.2 Å². The normalized spacial score (nSPS) is 16.2. The molecule has 0 aromatic heterocycles. The third kappa shape index (κ3) is 6.76. The predicted molar refractivity (Wildman–Crippen MR) is 59.2 cm³/mol. The summed E-state index contributed by atoms with van der Waals surface area (Å²) in [6.07, 6.45) is 3.95. The van der Waals surface area contributed by atoms with Gasteiger partial charge in [0.05, 0.1) is 0 Å². The van der Waals surface area contributed by atoms with Gasteiger partial charge in [-0.3, -0.25) is 4.79 Å². The fraction of sp³-hybridized carbons (Fsp3) is 0.889. The maximum absolute atomic E-state index is 11.3. The second-order valence-electron chi connectivity index (χ2n) is 3.99. The van der Waals surface area contributed by atoms with E-state index >= 15 is 0 Å². The summed E-state index contributed by atoms with van der Waals surface area (Å²) in [4.78, 5) is 10.2. The Balaban J connectivity index is 1.99. The van der Waals surface area contributed by atoms with Gasteiger partial charge in [0.15, 0.2) is 0 Å². The van der Waals surface area contributed by atoms with Crippen LogP contribution in [0.4, 0.5) is 0 Å². The molecule has 1 aliphatic rings. The van der Waals surface area contributed by atoms with Crippen LogP contribution in [0.5, 0.6) is 0 Å². The quantitative estimate of drug-likeness (QED) is 0.510. The van der Waals surface area contributed by atoms with Gasteiger partial charge < -0.3 is 5.11 Å². The van der Waals surface area contributed by atoms with Crippen molar-refractivity contribution in [2.75, 3.05) is 6.54 Å². The highest BCUT2D eigenvalue weighted by molar-refractivity contribution is 7.87. The monoisotopic (exact) mass is 250 g/mol. The van der Waals surface area contributed by atoms with Crippen LogP contribution in [-0.2, 0) is 15.0 Å². The van der Waals surface area contributed by atoms with Crippen molar-refractivity contribution in [1.82, 2.24) is 9.44 Å². The van der Waals surface area contributed by atoms with E-state index in [1.807, 2.05) is 0 Å². The van der Waals surface area contributed by atoms with Crippen LogP contribution in [0.1, 0.15) is 38.5 Å². The maximum atomic E-state index is 11.3. The molecule has 7 heteroatoms. The van der Waals surface area contributed by atoms with E-state index in [-0.39, 0.29) is 12.5 Å². The molecule has 94 valence electrons. The zero-order valence-corrected chi connectivity index (χ0v) is 9.92. The summed E-state index contributed by atoms with van der Waals surface area (Å²) in [5, 5.41) is 8.38. The smallest absolute Gasteiger partial charge is 0.303 e. The average Bonchev–Trinajstić information content (AvgIpc) is 2.93. The van der Waals surface area contributed by atoms with Crippen LogP contribution in [0.3, 0.4) is 0 Å². The van der Waals surface area contributed by atoms with Crippen LogP contribution in [0.2, 0.25) is 0 Å². The zero-order chi connectivity index (χ0) is 12.0. The first kappa shape index (κ1) is 13.4. The van der Waals surface area contributed by atoms with E-state index in [1.54, 1.807) is 0 Å². The Bertz CT molecular complexity index is 324. The highest BCUT2D eigenvalue weighted by atomic mass is 32.2. The van der Waals surface area contributed by atoms with E-state index in [1.165, 1.54) is 0 Å². The van der Waals surface area contributed by atoms with Crippen LogP contribution in [0.15, 0.2) is 0 Å². The van der Waals surface area contributed by atoms with Gasteiger partial charge in [-0.15, -0.1) is 0 Å². The summed E-state index contributed by atoms with van der Waals surface area (Å²) in [6.45, 7) is 0.363. The summed E-state index contributed by atoms with van der Waals surface area (Å²) in [5.74, 6) is -0.809. The summed E-state index contributed by atoms with van der Waals surface area (Å²) in [6, 6.07) is 0.115. The number of hydrogen-bond donors (Lipinski definition) is 3. The lowest BCUT2D eigenvalue weighted by atomic mass is 10.2. The number of nitrogens with one attached hydrogen (secondary N) is 2. The largest absolute Gasteiger partial charge is 0.481 e. The Kier molecular flexibility index (Phi) is 5.17. The summed E-state index contributed by atoms with van der Waals surface area (Å²) < 4.78 is 27.5. The van der Waals surface area contributed by atoms with E-state index in [0.29, 0.717) is 19.4 Å². The van der Waals surface area contributed by atoms with Gasteiger partial charge in [0.25, 0.3) is 10.2 Å². The Labute approximate surface area is 95.6 Å². The maximum Gasteiger partial charge on any atom is 0.303 e. The van der Waals surface area contributed by atoms with Crippen molar-refractivity contribution in [3.05, 3.63) is 0 Å². The van der Waals surface area contributed by atoms with Crippen LogP contribution < -0.4 is 9.44 Å². The Morgan fingerprint density at radius 1 is 1.25 bits per heavy atom. The molecule has 0 aromatic carbocycles. The molecule has 0 saturated heterocycles. The average molecular weight is 250 g/mol. The van der Waals surface area contributed by atoms with Gasteiger partial charge in [0.1, 0.15) is 0 Å². The second kappa shape index (κ2) is 6.17. The first-order valence-corrected chi connectivity index (χ1v) is 6.96. The number of carboxylic acids is 1. The van der Waals surface area contributed by atoms with Crippen LogP contribution in [0.25, 0.3) is 0 Å². The van der Waals surface area contributed by atoms with Crippen molar-refractivity contribution in [2.24, 2.45) is 0 Å².